The van der Waals surface area contributed by atoms with E-state index in [9.17, 15) is 0 Å². The number of nitrogens with one attached hydrogen (secondary N) is 1. The van der Waals surface area contributed by atoms with Gasteiger partial charge in [-0.1, -0.05) is 13.0 Å². The van der Waals surface area contributed by atoms with Crippen LogP contribution >= 0.6 is 11.8 Å². The summed E-state index contributed by atoms with van der Waals surface area (Å²) in [6, 6.07) is 6.85. The van der Waals surface area contributed by atoms with Crippen LogP contribution in [-0.4, -0.2) is 31.3 Å². The van der Waals surface area contributed by atoms with Gasteiger partial charge in [0.05, 0.1) is 0 Å². The summed E-state index contributed by atoms with van der Waals surface area (Å²) in [7, 11) is 0. The molecular weight excluding hydrogens is 282 g/mol. The van der Waals surface area contributed by atoms with E-state index in [-0.39, 0.29) is 0 Å². The topological polar surface area (TPSA) is 30.5 Å². The van der Waals surface area contributed by atoms with Crippen LogP contribution in [0.15, 0.2) is 18.2 Å². The van der Waals surface area contributed by atoms with Crippen LogP contribution in [-0.2, 0) is 0 Å². The second-order valence-electron chi connectivity index (χ2n) is 5.80. The summed E-state index contributed by atoms with van der Waals surface area (Å²) in [5.74, 6) is 5.29. The first kappa shape index (κ1) is 15.0. The summed E-state index contributed by atoms with van der Waals surface area (Å²) >= 11 is 2.10. The van der Waals surface area contributed by atoms with Gasteiger partial charge in [0.15, 0.2) is 11.5 Å². The van der Waals surface area contributed by atoms with Crippen molar-refractivity contribution >= 4 is 11.8 Å². The Balaban J connectivity index is 1.73. The molecule has 0 saturated carbocycles. The standard InChI is InChI=1S/C17H25NO2S/c1-2-18-15(11-13-5-9-21-10-6-13)14-3-4-16-17(12-14)20-8-7-19-16/h3-4,12-13,15,18H,2,5-11H2,1H3. The molecule has 4 heteroatoms. The summed E-state index contributed by atoms with van der Waals surface area (Å²) in [5.41, 5.74) is 1.33. The van der Waals surface area contributed by atoms with Crippen molar-refractivity contribution in [2.24, 2.45) is 5.92 Å². The average molecular weight is 307 g/mol. The summed E-state index contributed by atoms with van der Waals surface area (Å²) in [6.07, 6.45) is 3.95. The van der Waals surface area contributed by atoms with Gasteiger partial charge in [-0.15, -0.1) is 0 Å². The van der Waals surface area contributed by atoms with Gasteiger partial charge in [0.2, 0.25) is 0 Å². The third kappa shape index (κ3) is 3.86. The highest BCUT2D eigenvalue weighted by atomic mass is 32.2. The monoisotopic (exact) mass is 307 g/mol. The lowest BCUT2D eigenvalue weighted by molar-refractivity contribution is 0.171. The smallest absolute Gasteiger partial charge is 0.161 e. The molecule has 3 nitrogen and oxygen atoms in total. The van der Waals surface area contributed by atoms with Crippen molar-refractivity contribution in [3.05, 3.63) is 23.8 Å². The third-order valence-corrected chi connectivity index (χ3v) is 5.38. The van der Waals surface area contributed by atoms with Gasteiger partial charge in [0.1, 0.15) is 13.2 Å². The lowest BCUT2D eigenvalue weighted by Crippen LogP contribution is -2.25. The molecule has 2 aliphatic heterocycles. The summed E-state index contributed by atoms with van der Waals surface area (Å²) < 4.78 is 11.3. The largest absolute Gasteiger partial charge is 0.486 e. The molecule has 0 bridgehead atoms. The first-order valence-corrected chi connectivity index (χ1v) is 9.23. The third-order valence-electron chi connectivity index (χ3n) is 4.33. The van der Waals surface area contributed by atoms with Crippen LogP contribution in [0.2, 0.25) is 0 Å². The second kappa shape index (κ2) is 7.41. The van der Waals surface area contributed by atoms with E-state index >= 15 is 0 Å². The number of fused-ring (bicyclic) bond motifs is 1. The Hall–Kier alpha value is -0.870. The number of thioether (sulfide) groups is 1. The van der Waals surface area contributed by atoms with Crippen molar-refractivity contribution in [2.75, 3.05) is 31.3 Å². The molecule has 21 heavy (non-hydrogen) atoms. The van der Waals surface area contributed by atoms with Crippen molar-refractivity contribution < 1.29 is 9.47 Å². The molecule has 2 aliphatic rings. The highest BCUT2D eigenvalue weighted by Crippen LogP contribution is 2.36. The molecule has 1 fully saturated rings. The van der Waals surface area contributed by atoms with E-state index in [2.05, 4.69) is 42.2 Å². The van der Waals surface area contributed by atoms with Gasteiger partial charge in [-0.25, -0.2) is 0 Å². The molecule has 1 aromatic rings. The number of ether oxygens (including phenoxy) is 2. The van der Waals surface area contributed by atoms with Crippen LogP contribution < -0.4 is 14.8 Å². The van der Waals surface area contributed by atoms with Crippen molar-refractivity contribution in [3.8, 4) is 11.5 Å². The fourth-order valence-electron chi connectivity index (χ4n) is 3.18. The highest BCUT2D eigenvalue weighted by Gasteiger charge is 2.21. The second-order valence-corrected chi connectivity index (χ2v) is 7.03. The van der Waals surface area contributed by atoms with Crippen molar-refractivity contribution in [3.63, 3.8) is 0 Å². The number of hydrogen-bond acceptors (Lipinski definition) is 4. The molecule has 1 atom stereocenters. The van der Waals surface area contributed by atoms with Crippen molar-refractivity contribution in [1.82, 2.24) is 5.32 Å². The van der Waals surface area contributed by atoms with E-state index in [1.807, 2.05) is 0 Å². The highest BCUT2D eigenvalue weighted by molar-refractivity contribution is 7.99. The minimum absolute atomic E-state index is 0.430. The molecule has 0 aromatic heterocycles. The lowest BCUT2D eigenvalue weighted by Gasteiger charge is -2.28. The van der Waals surface area contributed by atoms with E-state index < -0.39 is 0 Å². The number of rotatable bonds is 5. The molecule has 0 radical (unpaired) electrons. The minimum atomic E-state index is 0.430. The zero-order valence-electron chi connectivity index (χ0n) is 12.8. The number of hydrogen-bond donors (Lipinski definition) is 1. The van der Waals surface area contributed by atoms with E-state index in [0.717, 1.165) is 24.0 Å². The summed E-state index contributed by atoms with van der Waals surface area (Å²) in [4.78, 5) is 0. The van der Waals surface area contributed by atoms with Gasteiger partial charge in [-0.2, -0.15) is 11.8 Å². The van der Waals surface area contributed by atoms with E-state index in [4.69, 9.17) is 9.47 Å². The molecule has 1 aromatic carbocycles. The molecular formula is C17H25NO2S. The first-order valence-electron chi connectivity index (χ1n) is 8.07. The molecule has 1 N–H and O–H groups in total. The Morgan fingerprint density at radius 2 is 1.95 bits per heavy atom. The maximum Gasteiger partial charge on any atom is 0.161 e. The molecule has 3 rings (SSSR count). The lowest BCUT2D eigenvalue weighted by atomic mass is 9.90. The molecule has 1 unspecified atom stereocenters. The molecule has 0 aliphatic carbocycles. The summed E-state index contributed by atoms with van der Waals surface area (Å²) in [5, 5.41) is 3.65. The Morgan fingerprint density at radius 3 is 2.71 bits per heavy atom. The van der Waals surface area contributed by atoms with E-state index in [1.165, 1.54) is 36.3 Å². The van der Waals surface area contributed by atoms with Gasteiger partial charge in [-0.3, -0.25) is 0 Å². The maximum atomic E-state index is 5.73. The van der Waals surface area contributed by atoms with Crippen LogP contribution in [0.3, 0.4) is 0 Å². The van der Waals surface area contributed by atoms with Gasteiger partial charge >= 0.3 is 0 Å². The van der Waals surface area contributed by atoms with E-state index in [0.29, 0.717) is 19.3 Å². The summed E-state index contributed by atoms with van der Waals surface area (Å²) in [6.45, 7) is 4.49. The average Bonchev–Trinajstić information content (AvgIpc) is 2.55. The Bertz CT molecular complexity index is 460. The molecule has 116 valence electrons. The van der Waals surface area contributed by atoms with Gasteiger partial charge in [0.25, 0.3) is 0 Å². The quantitative estimate of drug-likeness (QED) is 0.899. The van der Waals surface area contributed by atoms with Crippen LogP contribution in [0.5, 0.6) is 11.5 Å². The predicted octanol–water partition coefficient (Wildman–Crippen LogP) is 3.64. The van der Waals surface area contributed by atoms with Crippen LogP contribution in [0.1, 0.15) is 37.8 Å². The van der Waals surface area contributed by atoms with Crippen LogP contribution in [0.4, 0.5) is 0 Å². The Kier molecular flexibility index (Phi) is 5.31. The molecule has 2 heterocycles. The van der Waals surface area contributed by atoms with Crippen LogP contribution in [0.25, 0.3) is 0 Å². The maximum absolute atomic E-state index is 5.73. The SMILES string of the molecule is CCNC(CC1CCSCC1)c1ccc2c(c1)OCCO2. The van der Waals surface area contributed by atoms with Crippen LogP contribution in [0, 0.1) is 5.92 Å². The van der Waals surface area contributed by atoms with Gasteiger partial charge < -0.3 is 14.8 Å². The van der Waals surface area contributed by atoms with Crippen molar-refractivity contribution in [2.45, 2.75) is 32.2 Å². The Labute approximate surface area is 131 Å². The zero-order valence-corrected chi connectivity index (χ0v) is 13.6. The molecule has 0 amide bonds. The first-order chi connectivity index (χ1) is 10.4. The van der Waals surface area contributed by atoms with Gasteiger partial charge in [0, 0.05) is 6.04 Å². The van der Waals surface area contributed by atoms with E-state index in [1.54, 1.807) is 0 Å². The Morgan fingerprint density at radius 1 is 1.19 bits per heavy atom. The van der Waals surface area contributed by atoms with Crippen molar-refractivity contribution in [1.29, 1.82) is 0 Å². The molecule has 0 spiro atoms. The minimum Gasteiger partial charge on any atom is -0.486 e. The predicted molar refractivity (Wildman–Crippen MR) is 88.5 cm³/mol. The molecule has 1 saturated heterocycles. The fourth-order valence-corrected chi connectivity index (χ4v) is 4.38. The van der Waals surface area contributed by atoms with Gasteiger partial charge in [-0.05, 0) is 60.9 Å². The zero-order chi connectivity index (χ0) is 14.5. The normalized spacial score (nSPS) is 20.2. The number of benzene rings is 1. The fraction of sp³-hybridized carbons (Fsp3) is 0.647.